The minimum Gasteiger partial charge on any atom is -0.496 e. The quantitative estimate of drug-likeness (QED) is 0.923. The molecule has 2 N–H and O–H groups in total. The van der Waals surface area contributed by atoms with Crippen LogP contribution in [-0.2, 0) is 0 Å². The minimum atomic E-state index is -0.402. The van der Waals surface area contributed by atoms with E-state index < -0.39 is 6.04 Å². The first kappa shape index (κ1) is 14.5. The molecular formula is C17H20FNO. The molecule has 0 spiro atoms. The van der Waals surface area contributed by atoms with Crippen molar-refractivity contribution in [3.8, 4) is 5.75 Å². The van der Waals surface area contributed by atoms with Crippen molar-refractivity contribution in [3.05, 3.63) is 64.0 Å². The van der Waals surface area contributed by atoms with E-state index in [1.807, 2.05) is 13.8 Å². The van der Waals surface area contributed by atoms with Gasteiger partial charge in [-0.2, -0.15) is 0 Å². The Labute approximate surface area is 119 Å². The van der Waals surface area contributed by atoms with Gasteiger partial charge < -0.3 is 10.5 Å². The van der Waals surface area contributed by atoms with Crippen molar-refractivity contribution in [3.63, 3.8) is 0 Å². The van der Waals surface area contributed by atoms with Gasteiger partial charge in [-0.3, -0.25) is 0 Å². The van der Waals surface area contributed by atoms with Crippen LogP contribution in [0.2, 0.25) is 0 Å². The van der Waals surface area contributed by atoms with Gasteiger partial charge in [0.25, 0.3) is 0 Å². The predicted molar refractivity (Wildman–Crippen MR) is 79.6 cm³/mol. The maximum Gasteiger partial charge on any atom is 0.124 e. The van der Waals surface area contributed by atoms with E-state index in [1.165, 1.54) is 17.7 Å². The summed E-state index contributed by atoms with van der Waals surface area (Å²) in [5, 5.41) is 0. The summed E-state index contributed by atoms with van der Waals surface area (Å²) in [7, 11) is 1.57. The van der Waals surface area contributed by atoms with Crippen molar-refractivity contribution in [2.24, 2.45) is 5.73 Å². The number of rotatable bonds is 3. The number of nitrogens with two attached hydrogens (primary N) is 1. The summed E-state index contributed by atoms with van der Waals surface area (Å²) in [6.45, 7) is 6.11. The van der Waals surface area contributed by atoms with Crippen LogP contribution in [0.25, 0.3) is 0 Å². The van der Waals surface area contributed by atoms with Gasteiger partial charge in [0.05, 0.1) is 13.2 Å². The highest BCUT2D eigenvalue weighted by molar-refractivity contribution is 5.47. The second kappa shape index (κ2) is 5.63. The molecule has 0 radical (unpaired) electrons. The lowest BCUT2D eigenvalue weighted by atomic mass is 9.90. The number of ether oxygens (including phenoxy) is 1. The zero-order valence-electron chi connectivity index (χ0n) is 12.3. The summed E-state index contributed by atoms with van der Waals surface area (Å²) >= 11 is 0. The molecule has 0 aliphatic rings. The molecule has 0 saturated carbocycles. The molecule has 1 atom stereocenters. The summed E-state index contributed by atoms with van der Waals surface area (Å²) < 4.78 is 18.8. The molecule has 1 unspecified atom stereocenters. The van der Waals surface area contributed by atoms with Gasteiger partial charge in [-0.05, 0) is 55.7 Å². The molecular weight excluding hydrogens is 253 g/mol. The van der Waals surface area contributed by atoms with Crippen molar-refractivity contribution < 1.29 is 9.13 Å². The van der Waals surface area contributed by atoms with E-state index in [-0.39, 0.29) is 5.82 Å². The monoisotopic (exact) mass is 273 g/mol. The zero-order valence-corrected chi connectivity index (χ0v) is 12.3. The Morgan fingerprint density at radius 1 is 1.05 bits per heavy atom. The van der Waals surface area contributed by atoms with Gasteiger partial charge in [-0.1, -0.05) is 17.7 Å². The van der Waals surface area contributed by atoms with Crippen LogP contribution in [0.4, 0.5) is 4.39 Å². The molecule has 2 aromatic rings. The number of aryl methyl sites for hydroxylation is 3. The predicted octanol–water partition coefficient (Wildman–Crippen LogP) is 3.81. The Morgan fingerprint density at radius 2 is 1.65 bits per heavy atom. The van der Waals surface area contributed by atoms with Crippen molar-refractivity contribution in [1.29, 1.82) is 0 Å². The van der Waals surface area contributed by atoms with Gasteiger partial charge in [-0.15, -0.1) is 0 Å². The van der Waals surface area contributed by atoms with Gasteiger partial charge >= 0.3 is 0 Å². The summed E-state index contributed by atoms with van der Waals surface area (Å²) in [5.41, 5.74) is 11.5. The second-order valence-corrected chi connectivity index (χ2v) is 5.18. The van der Waals surface area contributed by atoms with Crippen LogP contribution in [0.5, 0.6) is 5.75 Å². The van der Waals surface area contributed by atoms with E-state index in [0.29, 0.717) is 11.3 Å². The molecule has 0 fully saturated rings. The van der Waals surface area contributed by atoms with E-state index in [1.54, 1.807) is 13.2 Å². The number of hydrogen-bond acceptors (Lipinski definition) is 2. The van der Waals surface area contributed by atoms with E-state index >= 15 is 0 Å². The third-order valence-electron chi connectivity index (χ3n) is 3.58. The number of methoxy groups -OCH3 is 1. The normalized spacial score (nSPS) is 12.3. The minimum absolute atomic E-state index is 0.307. The lowest BCUT2D eigenvalue weighted by Gasteiger charge is -2.21. The highest BCUT2D eigenvalue weighted by Crippen LogP contribution is 2.32. The molecule has 0 saturated heterocycles. The lowest BCUT2D eigenvalue weighted by molar-refractivity contribution is 0.406. The molecule has 0 aliphatic carbocycles. The first-order valence-electron chi connectivity index (χ1n) is 6.60. The van der Waals surface area contributed by atoms with Gasteiger partial charge in [0.1, 0.15) is 11.6 Å². The van der Waals surface area contributed by atoms with Crippen molar-refractivity contribution in [2.75, 3.05) is 7.11 Å². The zero-order chi connectivity index (χ0) is 14.9. The smallest absolute Gasteiger partial charge is 0.124 e. The Bertz CT molecular complexity index is 614. The van der Waals surface area contributed by atoms with Crippen LogP contribution in [0.15, 0.2) is 30.3 Å². The Morgan fingerprint density at radius 3 is 2.20 bits per heavy atom. The summed E-state index contributed by atoms with van der Waals surface area (Å²) in [4.78, 5) is 0. The largest absolute Gasteiger partial charge is 0.496 e. The third kappa shape index (κ3) is 2.68. The van der Waals surface area contributed by atoms with Crippen molar-refractivity contribution in [1.82, 2.24) is 0 Å². The fourth-order valence-electron chi connectivity index (χ4n) is 2.79. The summed E-state index contributed by atoms with van der Waals surface area (Å²) in [5.74, 6) is 0.303. The lowest BCUT2D eigenvalue weighted by Crippen LogP contribution is -2.16. The van der Waals surface area contributed by atoms with E-state index in [4.69, 9.17) is 10.5 Å². The SMILES string of the molecule is COc1ccc(F)cc1C(N)c1c(C)cc(C)cc1C. The first-order chi connectivity index (χ1) is 9.43. The van der Waals surface area contributed by atoms with Crippen LogP contribution in [0.3, 0.4) is 0 Å². The fourth-order valence-corrected chi connectivity index (χ4v) is 2.79. The third-order valence-corrected chi connectivity index (χ3v) is 3.58. The fraction of sp³-hybridized carbons (Fsp3) is 0.294. The number of halogens is 1. The van der Waals surface area contributed by atoms with E-state index in [2.05, 4.69) is 19.1 Å². The standard InChI is InChI=1S/C17H20FNO/c1-10-7-11(2)16(12(3)8-10)17(19)14-9-13(18)5-6-15(14)20-4/h5-9,17H,19H2,1-4H3. The average molecular weight is 273 g/mol. The Kier molecular flexibility index (Phi) is 4.09. The van der Waals surface area contributed by atoms with Gasteiger partial charge in [0, 0.05) is 5.56 Å². The molecule has 106 valence electrons. The van der Waals surface area contributed by atoms with Gasteiger partial charge in [0.2, 0.25) is 0 Å². The Balaban J connectivity index is 2.57. The highest BCUT2D eigenvalue weighted by Gasteiger charge is 2.18. The number of hydrogen-bond donors (Lipinski definition) is 1. The number of benzene rings is 2. The average Bonchev–Trinajstić information content (AvgIpc) is 2.37. The molecule has 20 heavy (non-hydrogen) atoms. The molecule has 0 aromatic heterocycles. The van der Waals surface area contributed by atoms with Gasteiger partial charge in [0.15, 0.2) is 0 Å². The molecule has 0 heterocycles. The maximum absolute atomic E-state index is 13.5. The topological polar surface area (TPSA) is 35.2 Å². The van der Waals surface area contributed by atoms with Crippen LogP contribution in [-0.4, -0.2) is 7.11 Å². The van der Waals surface area contributed by atoms with Crippen LogP contribution < -0.4 is 10.5 Å². The molecule has 2 rings (SSSR count). The highest BCUT2D eigenvalue weighted by atomic mass is 19.1. The van der Waals surface area contributed by atoms with E-state index in [9.17, 15) is 4.39 Å². The molecule has 2 aromatic carbocycles. The summed E-state index contributed by atoms with van der Waals surface area (Å²) in [6.07, 6.45) is 0. The van der Waals surface area contributed by atoms with Crippen LogP contribution in [0, 0.1) is 26.6 Å². The Hall–Kier alpha value is -1.87. The first-order valence-corrected chi connectivity index (χ1v) is 6.60. The van der Waals surface area contributed by atoms with Crippen LogP contribution >= 0.6 is 0 Å². The van der Waals surface area contributed by atoms with Gasteiger partial charge in [-0.25, -0.2) is 4.39 Å². The van der Waals surface area contributed by atoms with E-state index in [0.717, 1.165) is 16.7 Å². The van der Waals surface area contributed by atoms with Crippen LogP contribution in [0.1, 0.15) is 33.9 Å². The maximum atomic E-state index is 13.5. The molecule has 3 heteroatoms. The molecule has 0 bridgehead atoms. The molecule has 0 amide bonds. The summed E-state index contributed by atoms with van der Waals surface area (Å²) in [6, 6.07) is 8.22. The van der Waals surface area contributed by atoms with Crippen molar-refractivity contribution >= 4 is 0 Å². The molecule has 2 nitrogen and oxygen atoms in total. The second-order valence-electron chi connectivity index (χ2n) is 5.18. The molecule has 0 aliphatic heterocycles. The van der Waals surface area contributed by atoms with Crippen molar-refractivity contribution in [2.45, 2.75) is 26.8 Å².